The summed E-state index contributed by atoms with van der Waals surface area (Å²) in [6, 6.07) is 12.1. The van der Waals surface area contributed by atoms with Gasteiger partial charge >= 0.3 is 12.1 Å². The van der Waals surface area contributed by atoms with Crippen LogP contribution in [0.4, 0.5) is 9.18 Å². The van der Waals surface area contributed by atoms with E-state index in [-0.39, 0.29) is 62.0 Å². The Kier molecular flexibility index (Phi) is 8.98. The van der Waals surface area contributed by atoms with Gasteiger partial charge in [0.25, 0.3) is 0 Å². The van der Waals surface area contributed by atoms with Gasteiger partial charge in [-0.3, -0.25) is 9.59 Å². The summed E-state index contributed by atoms with van der Waals surface area (Å²) in [6.07, 6.45) is 0.431. The number of nitrogens with one attached hydrogen (secondary N) is 1. The molecule has 1 spiro atoms. The van der Waals surface area contributed by atoms with Gasteiger partial charge in [-0.25, -0.2) is 9.18 Å². The van der Waals surface area contributed by atoms with Gasteiger partial charge in [-0.2, -0.15) is 0 Å². The maximum atomic E-state index is 15.9. The number of ether oxygens (including phenoxy) is 4. The number of likely N-dealkylation sites (tertiary alicyclic amines) is 1. The topological polar surface area (TPSA) is 103 Å². The highest BCUT2D eigenvalue weighted by Gasteiger charge is 2.47. The number of carbonyl (C=O) groups excluding carboxylic acids is 3. The number of nitrogens with zero attached hydrogens (tertiary/aromatic N) is 1. The number of rotatable bonds is 8. The minimum Gasteiger partial charge on any atom is -0.493 e. The lowest BCUT2D eigenvalue weighted by atomic mass is 9.96. The largest absolute Gasteiger partial charge is 0.493 e. The fourth-order valence-electron chi connectivity index (χ4n) is 5.09. The van der Waals surface area contributed by atoms with Crippen LogP contribution in [0.15, 0.2) is 42.5 Å². The lowest BCUT2D eigenvalue weighted by molar-refractivity contribution is -0.155. The number of halogens is 1. The highest BCUT2D eigenvalue weighted by atomic mass is 19.1. The number of hydrogen-bond acceptors (Lipinski definition) is 7. The summed E-state index contributed by atoms with van der Waals surface area (Å²) >= 11 is 0. The van der Waals surface area contributed by atoms with Gasteiger partial charge in [0.1, 0.15) is 30.4 Å². The summed E-state index contributed by atoms with van der Waals surface area (Å²) in [7, 11) is 0. The summed E-state index contributed by atoms with van der Waals surface area (Å²) in [5, 5.41) is 2.95. The highest BCUT2D eigenvalue weighted by Crippen LogP contribution is 2.33. The zero-order valence-electron chi connectivity index (χ0n) is 23.5. The molecule has 216 valence electrons. The van der Waals surface area contributed by atoms with Crippen LogP contribution in [0.5, 0.6) is 5.75 Å². The van der Waals surface area contributed by atoms with Crippen molar-refractivity contribution in [1.29, 1.82) is 0 Å². The minimum atomic E-state index is -0.658. The van der Waals surface area contributed by atoms with Gasteiger partial charge in [0.15, 0.2) is 0 Å². The molecule has 2 saturated heterocycles. The quantitative estimate of drug-likeness (QED) is 0.374. The molecule has 0 radical (unpaired) electrons. The smallest absolute Gasteiger partial charge is 0.410 e. The Bertz CT molecular complexity index is 1230. The van der Waals surface area contributed by atoms with E-state index < -0.39 is 23.1 Å². The monoisotopic (exact) mass is 556 g/mol. The molecule has 1 N–H and O–H groups in total. The van der Waals surface area contributed by atoms with Gasteiger partial charge in [-0.15, -0.1) is 0 Å². The van der Waals surface area contributed by atoms with Crippen LogP contribution in [-0.2, 0) is 30.4 Å². The maximum absolute atomic E-state index is 15.9. The Morgan fingerprint density at radius 3 is 2.62 bits per heavy atom. The van der Waals surface area contributed by atoms with E-state index in [2.05, 4.69) is 5.32 Å². The van der Waals surface area contributed by atoms with Crippen molar-refractivity contribution in [2.24, 2.45) is 0 Å². The summed E-state index contributed by atoms with van der Waals surface area (Å²) in [4.78, 5) is 38.5. The molecule has 40 heavy (non-hydrogen) atoms. The number of benzene rings is 2. The van der Waals surface area contributed by atoms with Gasteiger partial charge in [0, 0.05) is 24.6 Å². The third-order valence-corrected chi connectivity index (χ3v) is 6.77. The van der Waals surface area contributed by atoms with E-state index in [9.17, 15) is 14.4 Å². The molecule has 2 unspecified atom stereocenters. The van der Waals surface area contributed by atoms with Crippen molar-refractivity contribution in [2.75, 3.05) is 26.4 Å². The first-order valence-electron chi connectivity index (χ1n) is 13.5. The van der Waals surface area contributed by atoms with Crippen LogP contribution in [0.1, 0.15) is 52.5 Å². The molecule has 4 rings (SSSR count). The van der Waals surface area contributed by atoms with E-state index in [1.54, 1.807) is 45.0 Å². The maximum Gasteiger partial charge on any atom is 0.410 e. The number of amides is 2. The molecule has 2 heterocycles. The van der Waals surface area contributed by atoms with Crippen LogP contribution in [-0.4, -0.2) is 66.4 Å². The van der Waals surface area contributed by atoms with Gasteiger partial charge < -0.3 is 29.2 Å². The van der Waals surface area contributed by atoms with Crippen LogP contribution in [0.25, 0.3) is 11.1 Å². The lowest BCUT2D eigenvalue weighted by Gasteiger charge is -2.33. The third kappa shape index (κ3) is 7.29. The second-order valence-electron chi connectivity index (χ2n) is 11.4. The normalized spacial score (nSPS) is 20.8. The number of hydrogen-bond donors (Lipinski definition) is 1. The molecule has 0 saturated carbocycles. The second kappa shape index (κ2) is 12.2. The van der Waals surface area contributed by atoms with Crippen LogP contribution in [0.2, 0.25) is 0 Å². The van der Waals surface area contributed by atoms with Crippen molar-refractivity contribution in [3.05, 3.63) is 53.8 Å². The van der Waals surface area contributed by atoms with E-state index in [0.29, 0.717) is 30.6 Å². The molecule has 0 bridgehead atoms. The predicted molar refractivity (Wildman–Crippen MR) is 145 cm³/mol. The fraction of sp³-hybridized carbons (Fsp3) is 0.500. The van der Waals surface area contributed by atoms with E-state index in [1.807, 2.05) is 25.1 Å². The molecule has 2 aromatic carbocycles. The Balaban J connectivity index is 1.46. The summed E-state index contributed by atoms with van der Waals surface area (Å²) in [5.74, 6) is -0.884. The van der Waals surface area contributed by atoms with Crippen LogP contribution in [0, 0.1) is 5.82 Å². The average molecular weight is 557 g/mol. The van der Waals surface area contributed by atoms with Crippen molar-refractivity contribution in [3.8, 4) is 16.9 Å². The molecule has 0 aliphatic carbocycles. The van der Waals surface area contributed by atoms with Crippen LogP contribution < -0.4 is 10.1 Å². The van der Waals surface area contributed by atoms with Gasteiger partial charge in [-0.1, -0.05) is 30.3 Å². The Hall–Kier alpha value is -3.66. The van der Waals surface area contributed by atoms with Gasteiger partial charge in [0.05, 0.1) is 24.3 Å². The number of esters is 1. The van der Waals surface area contributed by atoms with Gasteiger partial charge in [-0.05, 0) is 58.2 Å². The van der Waals surface area contributed by atoms with Crippen molar-refractivity contribution in [1.82, 2.24) is 10.2 Å². The zero-order chi connectivity index (χ0) is 28.9. The molecule has 2 aliphatic rings. The highest BCUT2D eigenvalue weighted by molar-refractivity contribution is 5.79. The minimum absolute atomic E-state index is 0.00183. The molecule has 2 atom stereocenters. The number of carbonyl (C=O) groups is 3. The fourth-order valence-corrected chi connectivity index (χ4v) is 5.09. The SMILES string of the molecule is CC1CC2(COCC(=O)N2)CN1C(=O)OCc1c(OCCCC(=O)OC(C)(C)C)ccc(-c2ccccc2)c1F. The summed E-state index contributed by atoms with van der Waals surface area (Å²) in [6.45, 7) is 7.60. The summed E-state index contributed by atoms with van der Waals surface area (Å²) in [5.41, 5.74) is -0.111. The molecule has 2 aromatic rings. The molecule has 9 nitrogen and oxygen atoms in total. The first-order valence-corrected chi connectivity index (χ1v) is 13.5. The van der Waals surface area contributed by atoms with E-state index in [1.165, 1.54) is 4.90 Å². The van der Waals surface area contributed by atoms with Crippen molar-refractivity contribution < 1.29 is 37.7 Å². The van der Waals surface area contributed by atoms with Crippen molar-refractivity contribution in [3.63, 3.8) is 0 Å². The Labute approximate surface area is 233 Å². The summed E-state index contributed by atoms with van der Waals surface area (Å²) < 4.78 is 38.0. The molecule has 0 aromatic heterocycles. The van der Waals surface area contributed by atoms with E-state index >= 15 is 4.39 Å². The number of morpholine rings is 1. The van der Waals surface area contributed by atoms with E-state index in [0.717, 1.165) is 0 Å². The molecular weight excluding hydrogens is 519 g/mol. The Morgan fingerprint density at radius 2 is 1.93 bits per heavy atom. The average Bonchev–Trinajstić information content (AvgIpc) is 3.20. The first-order chi connectivity index (χ1) is 19.0. The molecule has 10 heteroatoms. The van der Waals surface area contributed by atoms with Crippen molar-refractivity contribution >= 4 is 18.0 Å². The first kappa shape index (κ1) is 29.3. The zero-order valence-corrected chi connectivity index (χ0v) is 23.5. The Morgan fingerprint density at radius 1 is 1.18 bits per heavy atom. The van der Waals surface area contributed by atoms with Crippen LogP contribution >= 0.6 is 0 Å². The van der Waals surface area contributed by atoms with Gasteiger partial charge in [0.2, 0.25) is 5.91 Å². The lowest BCUT2D eigenvalue weighted by Crippen LogP contribution is -2.58. The molecular formula is C30H37FN2O7. The third-order valence-electron chi connectivity index (χ3n) is 6.77. The van der Waals surface area contributed by atoms with E-state index in [4.69, 9.17) is 18.9 Å². The van der Waals surface area contributed by atoms with Crippen molar-refractivity contribution in [2.45, 2.75) is 70.7 Å². The molecule has 2 amide bonds. The standard InChI is InChI=1S/C30H37FN2O7/c1-20-15-30(19-37-17-25(34)32-30)18-33(20)28(36)39-16-23-24(38-14-8-11-26(35)40-29(2,3)4)13-12-22(27(23)31)21-9-6-5-7-10-21/h5-7,9-10,12-13,20H,8,11,14-19H2,1-4H3,(H,32,34). The second-order valence-corrected chi connectivity index (χ2v) is 11.4. The molecule has 2 fully saturated rings. The molecule has 2 aliphatic heterocycles. The predicted octanol–water partition coefficient (Wildman–Crippen LogP) is 4.61. The van der Waals surface area contributed by atoms with Crippen LogP contribution in [0.3, 0.4) is 0 Å².